The monoisotopic (exact) mass is 326 g/mol. The fraction of sp³-hybridized carbons (Fsp3) is 0.588. The van der Waals surface area contributed by atoms with E-state index in [1.165, 1.54) is 25.7 Å². The predicted octanol–water partition coefficient (Wildman–Crippen LogP) is 3.55. The van der Waals surface area contributed by atoms with Crippen LogP contribution in [0.4, 0.5) is 18.9 Å². The Kier molecular flexibility index (Phi) is 4.90. The highest BCUT2D eigenvalue weighted by Gasteiger charge is 2.31. The van der Waals surface area contributed by atoms with Crippen molar-refractivity contribution in [2.24, 2.45) is 11.8 Å². The molecule has 0 spiro atoms. The molecule has 3 rings (SSSR count). The third-order valence-corrected chi connectivity index (χ3v) is 5.05. The minimum atomic E-state index is -1.56. The van der Waals surface area contributed by atoms with E-state index in [1.807, 2.05) is 0 Å². The van der Waals surface area contributed by atoms with E-state index in [0.717, 1.165) is 37.6 Å². The molecule has 2 atom stereocenters. The molecule has 1 aromatic rings. The smallest absolute Gasteiger partial charge is 0.238 e. The number of rotatable bonds is 3. The molecule has 2 aliphatic rings. The Labute approximate surface area is 133 Å². The van der Waals surface area contributed by atoms with E-state index in [0.29, 0.717) is 5.92 Å². The zero-order valence-electron chi connectivity index (χ0n) is 13.0. The lowest BCUT2D eigenvalue weighted by atomic mass is 9.75. The Hall–Kier alpha value is -1.56. The molecule has 126 valence electrons. The maximum Gasteiger partial charge on any atom is 0.238 e. The maximum absolute atomic E-state index is 13.6. The number of hydrogen-bond donors (Lipinski definition) is 1. The molecule has 6 heteroatoms. The number of nitrogens with zero attached hydrogens (tertiary/aromatic N) is 1. The van der Waals surface area contributed by atoms with E-state index in [1.54, 1.807) is 0 Å². The van der Waals surface area contributed by atoms with Crippen molar-refractivity contribution in [3.8, 4) is 0 Å². The first-order chi connectivity index (χ1) is 11.0. The van der Waals surface area contributed by atoms with Gasteiger partial charge in [0, 0.05) is 6.54 Å². The summed E-state index contributed by atoms with van der Waals surface area (Å²) in [5, 5.41) is 2.34. The molecule has 0 radical (unpaired) electrons. The van der Waals surface area contributed by atoms with E-state index in [2.05, 4.69) is 10.2 Å². The van der Waals surface area contributed by atoms with E-state index in [-0.39, 0.29) is 12.2 Å². The molecule has 0 bridgehead atoms. The highest BCUT2D eigenvalue weighted by atomic mass is 19.2. The summed E-state index contributed by atoms with van der Waals surface area (Å²) in [5.41, 5.74) is -0.318. The first-order valence-electron chi connectivity index (χ1n) is 8.20. The van der Waals surface area contributed by atoms with Gasteiger partial charge >= 0.3 is 0 Å². The second-order valence-electron chi connectivity index (χ2n) is 6.60. The molecule has 1 saturated heterocycles. The number of piperidine rings is 1. The average molecular weight is 326 g/mol. The molecule has 0 aromatic heterocycles. The summed E-state index contributed by atoms with van der Waals surface area (Å²) in [6, 6.07) is 1.85. The van der Waals surface area contributed by atoms with E-state index < -0.39 is 23.4 Å². The lowest BCUT2D eigenvalue weighted by molar-refractivity contribution is -0.118. The number of anilines is 1. The number of benzene rings is 1. The summed E-state index contributed by atoms with van der Waals surface area (Å²) in [5.74, 6) is -3.17. The van der Waals surface area contributed by atoms with Crippen LogP contribution >= 0.6 is 0 Å². The zero-order valence-corrected chi connectivity index (χ0v) is 13.0. The molecular weight excluding hydrogens is 305 g/mol. The highest BCUT2D eigenvalue weighted by Crippen LogP contribution is 2.35. The van der Waals surface area contributed by atoms with Crippen LogP contribution in [0.5, 0.6) is 0 Å². The summed E-state index contributed by atoms with van der Waals surface area (Å²) in [7, 11) is 0. The quantitative estimate of drug-likeness (QED) is 0.862. The molecule has 23 heavy (non-hydrogen) atoms. The molecule has 1 aromatic carbocycles. The van der Waals surface area contributed by atoms with Crippen LogP contribution in [0.1, 0.15) is 32.1 Å². The van der Waals surface area contributed by atoms with Crippen molar-refractivity contribution >= 4 is 11.6 Å². The standard InChI is InChI=1S/C17H21F3N2O/c18-13-5-6-14(17(20)16(13)19)21-15(23)10-22-8-7-11-3-1-2-4-12(11)9-22/h5-6,11-12H,1-4,7-10H2,(H,21,23)/t11-,12-/m1/s1. The first kappa shape index (κ1) is 16.3. The van der Waals surface area contributed by atoms with Gasteiger partial charge in [-0.15, -0.1) is 0 Å². The van der Waals surface area contributed by atoms with E-state index in [9.17, 15) is 18.0 Å². The Bertz CT molecular complexity index is 593. The first-order valence-corrected chi connectivity index (χ1v) is 8.20. The third-order valence-electron chi connectivity index (χ3n) is 5.05. The number of carbonyl (C=O) groups is 1. The van der Waals surface area contributed by atoms with Gasteiger partial charge in [0.1, 0.15) is 0 Å². The number of fused-ring (bicyclic) bond motifs is 1. The third kappa shape index (κ3) is 3.68. The summed E-state index contributed by atoms with van der Waals surface area (Å²) in [4.78, 5) is 14.1. The van der Waals surface area contributed by atoms with Crippen molar-refractivity contribution in [1.29, 1.82) is 0 Å². The van der Waals surface area contributed by atoms with Crippen LogP contribution in [0, 0.1) is 29.3 Å². The van der Waals surface area contributed by atoms with Gasteiger partial charge < -0.3 is 5.32 Å². The van der Waals surface area contributed by atoms with E-state index >= 15 is 0 Å². The Morgan fingerprint density at radius 2 is 1.83 bits per heavy atom. The Morgan fingerprint density at radius 3 is 2.61 bits per heavy atom. The molecule has 1 saturated carbocycles. The van der Waals surface area contributed by atoms with Crippen LogP contribution in [0.25, 0.3) is 0 Å². The van der Waals surface area contributed by atoms with Crippen molar-refractivity contribution in [2.75, 3.05) is 25.0 Å². The van der Waals surface area contributed by atoms with Crippen LogP contribution in [0.15, 0.2) is 12.1 Å². The number of hydrogen-bond acceptors (Lipinski definition) is 2. The van der Waals surface area contributed by atoms with Crippen LogP contribution in [-0.4, -0.2) is 30.4 Å². The summed E-state index contributed by atoms with van der Waals surface area (Å²) >= 11 is 0. The van der Waals surface area contributed by atoms with Crippen molar-refractivity contribution in [1.82, 2.24) is 4.90 Å². The number of carbonyl (C=O) groups excluding carboxylic acids is 1. The molecule has 1 aliphatic heterocycles. The minimum Gasteiger partial charge on any atom is -0.322 e. The van der Waals surface area contributed by atoms with Gasteiger partial charge in [-0.1, -0.05) is 19.3 Å². The predicted molar refractivity (Wildman–Crippen MR) is 81.5 cm³/mol. The molecule has 1 aliphatic carbocycles. The molecular formula is C17H21F3N2O. The molecule has 1 heterocycles. The Morgan fingerprint density at radius 1 is 1.09 bits per heavy atom. The van der Waals surface area contributed by atoms with Gasteiger partial charge in [0.15, 0.2) is 17.5 Å². The van der Waals surface area contributed by atoms with Crippen LogP contribution in [-0.2, 0) is 4.79 Å². The van der Waals surface area contributed by atoms with Crippen molar-refractivity contribution in [3.63, 3.8) is 0 Å². The molecule has 0 unspecified atom stereocenters. The average Bonchev–Trinajstić information content (AvgIpc) is 2.55. The van der Waals surface area contributed by atoms with Gasteiger partial charge in [-0.05, 0) is 43.4 Å². The lowest BCUT2D eigenvalue weighted by Gasteiger charge is -2.41. The highest BCUT2D eigenvalue weighted by molar-refractivity contribution is 5.92. The number of amides is 1. The summed E-state index contributed by atoms with van der Waals surface area (Å²) in [6.45, 7) is 1.90. The second kappa shape index (κ2) is 6.91. The zero-order chi connectivity index (χ0) is 16.4. The van der Waals surface area contributed by atoms with Crippen LogP contribution < -0.4 is 5.32 Å². The van der Waals surface area contributed by atoms with E-state index in [4.69, 9.17) is 0 Å². The van der Waals surface area contributed by atoms with Gasteiger partial charge in [-0.25, -0.2) is 13.2 Å². The largest absolute Gasteiger partial charge is 0.322 e. The molecule has 2 fully saturated rings. The fourth-order valence-corrected chi connectivity index (χ4v) is 3.84. The van der Waals surface area contributed by atoms with Crippen molar-refractivity contribution in [2.45, 2.75) is 32.1 Å². The van der Waals surface area contributed by atoms with Crippen LogP contribution in [0.2, 0.25) is 0 Å². The second-order valence-corrected chi connectivity index (χ2v) is 6.60. The number of halogens is 3. The SMILES string of the molecule is O=C(CN1CC[C@H]2CCCC[C@@H]2C1)Nc1ccc(F)c(F)c1F. The fourth-order valence-electron chi connectivity index (χ4n) is 3.84. The van der Waals surface area contributed by atoms with Crippen LogP contribution in [0.3, 0.4) is 0 Å². The summed E-state index contributed by atoms with van der Waals surface area (Å²) in [6.07, 6.45) is 6.14. The van der Waals surface area contributed by atoms with Gasteiger partial charge in [0.05, 0.1) is 12.2 Å². The van der Waals surface area contributed by atoms with Gasteiger partial charge in [0.25, 0.3) is 0 Å². The molecule has 1 N–H and O–H groups in total. The maximum atomic E-state index is 13.6. The normalized spacial score (nSPS) is 25.0. The van der Waals surface area contributed by atoms with Crippen molar-refractivity contribution < 1.29 is 18.0 Å². The molecule has 3 nitrogen and oxygen atoms in total. The Balaban J connectivity index is 1.56. The van der Waals surface area contributed by atoms with Gasteiger partial charge in [-0.3, -0.25) is 9.69 Å². The topological polar surface area (TPSA) is 32.3 Å². The number of likely N-dealkylation sites (tertiary alicyclic amines) is 1. The van der Waals surface area contributed by atoms with Gasteiger partial charge in [-0.2, -0.15) is 0 Å². The summed E-state index contributed by atoms with van der Waals surface area (Å²) < 4.78 is 39.6. The molecule has 1 amide bonds. The van der Waals surface area contributed by atoms with Gasteiger partial charge in [0.2, 0.25) is 5.91 Å². The minimum absolute atomic E-state index is 0.154. The number of nitrogens with one attached hydrogen (secondary N) is 1. The van der Waals surface area contributed by atoms with Crippen molar-refractivity contribution in [3.05, 3.63) is 29.6 Å². The lowest BCUT2D eigenvalue weighted by Crippen LogP contribution is -2.44.